The van der Waals surface area contributed by atoms with E-state index >= 15 is 0 Å². The Labute approximate surface area is 147 Å². The number of carbonyl (C=O) groups is 1. The average molecular weight is 393 g/mol. The van der Waals surface area contributed by atoms with Gasteiger partial charge in [0.25, 0.3) is 5.91 Å². The Hall–Kier alpha value is -1.90. The van der Waals surface area contributed by atoms with E-state index in [0.29, 0.717) is 50.5 Å². The van der Waals surface area contributed by atoms with Crippen LogP contribution < -0.4 is 15.8 Å². The van der Waals surface area contributed by atoms with E-state index in [9.17, 15) is 4.79 Å². The van der Waals surface area contributed by atoms with Crippen molar-refractivity contribution in [3.8, 4) is 17.1 Å². The van der Waals surface area contributed by atoms with Crippen LogP contribution in [0.15, 0.2) is 22.7 Å². The number of rotatable bonds is 4. The number of hydrogen-bond donors (Lipinski definition) is 2. The summed E-state index contributed by atoms with van der Waals surface area (Å²) in [4.78, 5) is 16.4. The maximum atomic E-state index is 11.9. The molecule has 0 saturated carbocycles. The highest BCUT2D eigenvalue weighted by Gasteiger charge is 2.27. The largest absolute Gasteiger partial charge is 0.491 e. The van der Waals surface area contributed by atoms with Crippen molar-refractivity contribution in [1.29, 1.82) is 0 Å². The Bertz CT molecular complexity index is 801. The van der Waals surface area contributed by atoms with Gasteiger partial charge in [0, 0.05) is 11.0 Å². The fourth-order valence-corrected chi connectivity index (χ4v) is 3.31. The van der Waals surface area contributed by atoms with Crippen molar-refractivity contribution in [2.45, 2.75) is 19.1 Å². The minimum atomic E-state index is -0.519. The molecule has 0 unspecified atom stereocenters. The highest BCUT2D eigenvalue weighted by atomic mass is 79.9. The molecule has 7 nitrogen and oxygen atoms in total. The van der Waals surface area contributed by atoms with Crippen LogP contribution >= 0.6 is 15.9 Å². The summed E-state index contributed by atoms with van der Waals surface area (Å²) in [5.41, 5.74) is 7.51. The zero-order chi connectivity index (χ0) is 16.7. The third kappa shape index (κ3) is 2.70. The fourth-order valence-electron chi connectivity index (χ4n) is 2.95. The third-order valence-corrected chi connectivity index (χ3v) is 4.75. The third-order valence-electron chi connectivity index (χ3n) is 4.26. The molecule has 2 aliphatic rings. The maximum absolute atomic E-state index is 11.9. The van der Waals surface area contributed by atoms with E-state index < -0.39 is 5.91 Å². The van der Waals surface area contributed by atoms with E-state index in [1.54, 1.807) is 0 Å². The van der Waals surface area contributed by atoms with Crippen LogP contribution in [0, 0.1) is 0 Å². The van der Waals surface area contributed by atoms with Crippen LogP contribution in [0.5, 0.6) is 5.75 Å². The molecule has 3 N–H and O–H groups in total. The van der Waals surface area contributed by atoms with Crippen LogP contribution in [0.3, 0.4) is 0 Å². The van der Waals surface area contributed by atoms with Crippen molar-refractivity contribution in [1.82, 2.24) is 14.9 Å². The highest BCUT2D eigenvalue weighted by molar-refractivity contribution is 9.10. The first kappa shape index (κ1) is 15.6. The SMILES string of the molecule is NC(=O)c1nc2n(c1CNC1COC1)CCOc1ccc(Br)cc1-2. The van der Waals surface area contributed by atoms with Crippen molar-refractivity contribution in [3.05, 3.63) is 34.1 Å². The highest BCUT2D eigenvalue weighted by Crippen LogP contribution is 2.35. The summed E-state index contributed by atoms with van der Waals surface area (Å²) in [6.45, 7) is 3.01. The topological polar surface area (TPSA) is 91.4 Å². The number of amides is 1. The van der Waals surface area contributed by atoms with Gasteiger partial charge in [-0.3, -0.25) is 4.79 Å². The lowest BCUT2D eigenvalue weighted by Crippen LogP contribution is -2.45. The maximum Gasteiger partial charge on any atom is 0.269 e. The standard InChI is InChI=1S/C16H17BrN4O3/c17-9-1-2-13-11(5-9)16-20-14(15(18)22)12(21(16)3-4-24-13)6-19-10-7-23-8-10/h1-2,5,10,19H,3-4,6-8H2,(H2,18,22). The number of aromatic nitrogens is 2. The molecule has 0 spiro atoms. The Kier molecular flexibility index (Phi) is 4.03. The molecule has 0 aliphatic carbocycles. The molecule has 1 aromatic carbocycles. The number of halogens is 1. The van der Waals surface area contributed by atoms with Crippen LogP contribution in [0.2, 0.25) is 0 Å². The van der Waals surface area contributed by atoms with Gasteiger partial charge in [0.05, 0.1) is 37.1 Å². The number of nitrogens with one attached hydrogen (secondary N) is 1. The predicted molar refractivity (Wildman–Crippen MR) is 90.8 cm³/mol. The van der Waals surface area contributed by atoms with Crippen LogP contribution in [0.4, 0.5) is 0 Å². The normalized spacial score (nSPS) is 16.5. The molecule has 1 aromatic heterocycles. The summed E-state index contributed by atoms with van der Waals surface area (Å²) in [5, 5.41) is 3.38. The fraction of sp³-hybridized carbons (Fsp3) is 0.375. The Morgan fingerprint density at radius 3 is 3.00 bits per heavy atom. The number of ether oxygens (including phenoxy) is 2. The molecule has 126 valence electrons. The van der Waals surface area contributed by atoms with Gasteiger partial charge in [-0.25, -0.2) is 4.98 Å². The summed E-state index contributed by atoms with van der Waals surface area (Å²) >= 11 is 3.48. The number of fused-ring (bicyclic) bond motifs is 3. The van der Waals surface area contributed by atoms with E-state index in [1.807, 2.05) is 22.8 Å². The molecular weight excluding hydrogens is 376 g/mol. The zero-order valence-electron chi connectivity index (χ0n) is 12.9. The number of primary amides is 1. The molecule has 0 radical (unpaired) electrons. The minimum Gasteiger partial charge on any atom is -0.491 e. The Morgan fingerprint density at radius 1 is 1.46 bits per heavy atom. The molecule has 8 heteroatoms. The lowest BCUT2D eigenvalue weighted by molar-refractivity contribution is -0.00604. The second kappa shape index (κ2) is 6.19. The van der Waals surface area contributed by atoms with E-state index in [0.717, 1.165) is 21.5 Å². The molecule has 2 aromatic rings. The molecule has 0 atom stereocenters. The van der Waals surface area contributed by atoms with Gasteiger partial charge in [0.2, 0.25) is 0 Å². The summed E-state index contributed by atoms with van der Waals surface area (Å²) in [6.07, 6.45) is 0. The van der Waals surface area contributed by atoms with Gasteiger partial charge >= 0.3 is 0 Å². The van der Waals surface area contributed by atoms with E-state index in [-0.39, 0.29) is 0 Å². The smallest absolute Gasteiger partial charge is 0.269 e. The number of nitrogens with two attached hydrogens (primary N) is 1. The predicted octanol–water partition coefficient (Wildman–Crippen LogP) is 1.29. The van der Waals surface area contributed by atoms with E-state index in [4.69, 9.17) is 15.2 Å². The van der Waals surface area contributed by atoms with Crippen molar-refractivity contribution in [2.75, 3.05) is 19.8 Å². The monoisotopic (exact) mass is 392 g/mol. The van der Waals surface area contributed by atoms with Crippen LogP contribution in [0.1, 0.15) is 16.2 Å². The van der Waals surface area contributed by atoms with Gasteiger partial charge in [-0.2, -0.15) is 0 Å². The van der Waals surface area contributed by atoms with Gasteiger partial charge in [0.1, 0.15) is 18.2 Å². The summed E-state index contributed by atoms with van der Waals surface area (Å²) in [6, 6.07) is 6.07. The van der Waals surface area contributed by atoms with Crippen molar-refractivity contribution in [3.63, 3.8) is 0 Å². The molecule has 3 heterocycles. The lowest BCUT2D eigenvalue weighted by atomic mass is 10.2. The number of nitrogens with zero attached hydrogens (tertiary/aromatic N) is 2. The number of imidazole rings is 1. The zero-order valence-corrected chi connectivity index (χ0v) is 14.5. The molecular formula is C16H17BrN4O3. The van der Waals surface area contributed by atoms with Crippen LogP contribution in [0.25, 0.3) is 11.4 Å². The quantitative estimate of drug-likeness (QED) is 0.817. The van der Waals surface area contributed by atoms with Gasteiger partial charge < -0.3 is 25.1 Å². The second-order valence-electron chi connectivity index (χ2n) is 5.85. The van der Waals surface area contributed by atoms with Gasteiger partial charge in [-0.1, -0.05) is 15.9 Å². The molecule has 4 rings (SSSR count). The summed E-state index contributed by atoms with van der Waals surface area (Å²) < 4.78 is 13.9. The second-order valence-corrected chi connectivity index (χ2v) is 6.77. The minimum absolute atomic E-state index is 0.306. The van der Waals surface area contributed by atoms with Crippen molar-refractivity contribution >= 4 is 21.8 Å². The summed E-state index contributed by atoms with van der Waals surface area (Å²) in [5.74, 6) is 0.943. The van der Waals surface area contributed by atoms with Gasteiger partial charge in [-0.15, -0.1) is 0 Å². The first-order valence-corrected chi connectivity index (χ1v) is 8.56. The molecule has 1 fully saturated rings. The number of hydrogen-bond acceptors (Lipinski definition) is 5. The Morgan fingerprint density at radius 2 is 2.29 bits per heavy atom. The average Bonchev–Trinajstić information content (AvgIpc) is 2.76. The van der Waals surface area contributed by atoms with Crippen molar-refractivity contribution < 1.29 is 14.3 Å². The molecule has 2 aliphatic heterocycles. The molecule has 1 saturated heterocycles. The van der Waals surface area contributed by atoms with E-state index in [1.165, 1.54) is 0 Å². The first-order chi connectivity index (χ1) is 11.6. The summed E-state index contributed by atoms with van der Waals surface area (Å²) in [7, 11) is 0. The van der Waals surface area contributed by atoms with Crippen molar-refractivity contribution in [2.24, 2.45) is 5.73 Å². The number of benzene rings is 1. The van der Waals surface area contributed by atoms with Gasteiger partial charge in [-0.05, 0) is 18.2 Å². The molecule has 24 heavy (non-hydrogen) atoms. The lowest BCUT2D eigenvalue weighted by Gasteiger charge is -2.27. The van der Waals surface area contributed by atoms with Crippen LogP contribution in [-0.4, -0.2) is 41.3 Å². The molecule has 1 amide bonds. The number of carbonyl (C=O) groups excluding carboxylic acids is 1. The molecule has 0 bridgehead atoms. The van der Waals surface area contributed by atoms with Crippen LogP contribution in [-0.2, 0) is 17.8 Å². The van der Waals surface area contributed by atoms with Gasteiger partial charge in [0.15, 0.2) is 5.69 Å². The first-order valence-electron chi connectivity index (χ1n) is 7.76. The van der Waals surface area contributed by atoms with E-state index in [2.05, 4.69) is 26.2 Å². The Balaban J connectivity index is 1.79.